The van der Waals surface area contributed by atoms with Crippen molar-refractivity contribution in [2.24, 2.45) is 0 Å². The molecule has 3 atom stereocenters. The number of carbonyl (C=O) groups excluding carboxylic acids is 2. The third-order valence-corrected chi connectivity index (χ3v) is 7.35. The lowest BCUT2D eigenvalue weighted by atomic mass is 9.94. The Morgan fingerprint density at radius 3 is 2.08 bits per heavy atom. The number of carbonyl (C=O) groups is 3. The summed E-state index contributed by atoms with van der Waals surface area (Å²) in [5.41, 5.74) is 3.90. The van der Waals surface area contributed by atoms with E-state index in [0.29, 0.717) is 6.42 Å². The minimum atomic E-state index is -1.38. The molecule has 2 amide bonds. The van der Waals surface area contributed by atoms with E-state index in [2.05, 4.69) is 22.8 Å². The Morgan fingerprint density at radius 2 is 1.50 bits per heavy atom. The molecule has 8 nitrogen and oxygen atoms in total. The second kappa shape index (κ2) is 12.8. The van der Waals surface area contributed by atoms with Crippen LogP contribution in [0.1, 0.15) is 56.2 Å². The molecule has 40 heavy (non-hydrogen) atoms. The molecular formula is C32H36N2O6. The van der Waals surface area contributed by atoms with Gasteiger partial charge in [0.05, 0.1) is 12.7 Å². The molecule has 3 aromatic carbocycles. The third kappa shape index (κ3) is 6.51. The SMILES string of the molecule is CCCC(C)(NC(=O)OCC1c2ccccc2-c2ccccc21)C(=O)N[C@H](C(=O)O)[C@@H](C)OCc1ccccc1. The first-order valence-electron chi connectivity index (χ1n) is 13.6. The molecule has 3 aromatic rings. The highest BCUT2D eigenvalue weighted by Gasteiger charge is 2.39. The van der Waals surface area contributed by atoms with E-state index in [1.807, 2.05) is 73.7 Å². The number of carboxylic acid groups (broad SMARTS) is 1. The molecule has 0 saturated carbocycles. The molecule has 0 heterocycles. The fraction of sp³-hybridized carbons (Fsp3) is 0.344. The van der Waals surface area contributed by atoms with E-state index < -0.39 is 35.7 Å². The van der Waals surface area contributed by atoms with Crippen LogP contribution in [-0.4, -0.2) is 47.4 Å². The Labute approximate surface area is 234 Å². The van der Waals surface area contributed by atoms with Crippen LogP contribution >= 0.6 is 0 Å². The van der Waals surface area contributed by atoms with Gasteiger partial charge in [0.15, 0.2) is 6.04 Å². The number of hydrogen-bond donors (Lipinski definition) is 3. The van der Waals surface area contributed by atoms with E-state index in [0.717, 1.165) is 27.8 Å². The maximum Gasteiger partial charge on any atom is 0.408 e. The predicted octanol–water partition coefficient (Wildman–Crippen LogP) is 5.26. The molecule has 1 aliphatic rings. The zero-order valence-electron chi connectivity index (χ0n) is 23.1. The summed E-state index contributed by atoms with van der Waals surface area (Å²) in [7, 11) is 0. The van der Waals surface area contributed by atoms with E-state index in [1.165, 1.54) is 0 Å². The van der Waals surface area contributed by atoms with Gasteiger partial charge in [-0.15, -0.1) is 0 Å². The van der Waals surface area contributed by atoms with Crippen LogP contribution in [0.3, 0.4) is 0 Å². The summed E-state index contributed by atoms with van der Waals surface area (Å²) in [6.45, 7) is 5.35. The van der Waals surface area contributed by atoms with Gasteiger partial charge >= 0.3 is 12.1 Å². The molecule has 210 valence electrons. The van der Waals surface area contributed by atoms with Crippen molar-refractivity contribution in [1.82, 2.24) is 10.6 Å². The van der Waals surface area contributed by atoms with Gasteiger partial charge in [-0.1, -0.05) is 92.2 Å². The topological polar surface area (TPSA) is 114 Å². The van der Waals surface area contributed by atoms with Crippen LogP contribution in [-0.2, 0) is 25.7 Å². The Hall–Kier alpha value is -4.17. The Bertz CT molecular complexity index is 1300. The van der Waals surface area contributed by atoms with Crippen molar-refractivity contribution < 1.29 is 29.0 Å². The number of hydrogen-bond acceptors (Lipinski definition) is 5. The molecule has 0 spiro atoms. The van der Waals surface area contributed by atoms with Crippen LogP contribution in [0.2, 0.25) is 0 Å². The lowest BCUT2D eigenvalue weighted by molar-refractivity contribution is -0.147. The minimum absolute atomic E-state index is 0.103. The first kappa shape index (κ1) is 28.8. The fourth-order valence-corrected chi connectivity index (χ4v) is 5.17. The number of amides is 2. The van der Waals surface area contributed by atoms with E-state index in [4.69, 9.17) is 9.47 Å². The average Bonchev–Trinajstić information content (AvgIpc) is 3.27. The number of aliphatic carboxylic acids is 1. The normalized spacial score (nSPS) is 15.2. The minimum Gasteiger partial charge on any atom is -0.480 e. The monoisotopic (exact) mass is 544 g/mol. The van der Waals surface area contributed by atoms with Gasteiger partial charge in [-0.05, 0) is 48.1 Å². The zero-order valence-corrected chi connectivity index (χ0v) is 23.1. The summed E-state index contributed by atoms with van der Waals surface area (Å²) in [4.78, 5) is 38.4. The van der Waals surface area contributed by atoms with E-state index in [9.17, 15) is 19.5 Å². The highest BCUT2D eigenvalue weighted by Crippen LogP contribution is 2.44. The molecule has 3 N–H and O–H groups in total. The third-order valence-electron chi connectivity index (χ3n) is 7.35. The van der Waals surface area contributed by atoms with Crippen molar-refractivity contribution in [2.45, 2.75) is 63.8 Å². The zero-order chi connectivity index (χ0) is 28.7. The number of benzene rings is 3. The summed E-state index contributed by atoms with van der Waals surface area (Å²) < 4.78 is 11.4. The Morgan fingerprint density at radius 1 is 0.925 bits per heavy atom. The van der Waals surface area contributed by atoms with E-state index in [-0.39, 0.29) is 25.6 Å². The lowest BCUT2D eigenvalue weighted by Crippen LogP contribution is -2.61. The van der Waals surface area contributed by atoms with Gasteiger partial charge in [0.2, 0.25) is 5.91 Å². The van der Waals surface area contributed by atoms with Crippen molar-refractivity contribution in [1.29, 1.82) is 0 Å². The second-order valence-corrected chi connectivity index (χ2v) is 10.3. The molecule has 0 bridgehead atoms. The molecule has 0 aromatic heterocycles. The average molecular weight is 545 g/mol. The molecule has 0 aliphatic heterocycles. The second-order valence-electron chi connectivity index (χ2n) is 10.3. The van der Waals surface area contributed by atoms with Crippen molar-refractivity contribution in [3.8, 4) is 11.1 Å². The molecule has 1 unspecified atom stereocenters. The number of ether oxygens (including phenoxy) is 2. The lowest BCUT2D eigenvalue weighted by Gasteiger charge is -2.31. The molecule has 0 radical (unpaired) electrons. The highest BCUT2D eigenvalue weighted by atomic mass is 16.5. The van der Waals surface area contributed by atoms with Crippen LogP contribution in [0.25, 0.3) is 11.1 Å². The number of alkyl carbamates (subject to hydrolysis) is 1. The summed E-state index contributed by atoms with van der Waals surface area (Å²) in [6.07, 6.45) is -0.699. The van der Waals surface area contributed by atoms with E-state index >= 15 is 0 Å². The largest absolute Gasteiger partial charge is 0.480 e. The van der Waals surface area contributed by atoms with Crippen LogP contribution in [0.5, 0.6) is 0 Å². The quantitative estimate of drug-likeness (QED) is 0.287. The first-order valence-corrected chi connectivity index (χ1v) is 13.6. The molecule has 0 saturated heterocycles. The summed E-state index contributed by atoms with van der Waals surface area (Å²) in [5.74, 6) is -1.97. The number of carboxylic acids is 1. The van der Waals surface area contributed by atoms with Gasteiger partial charge in [-0.25, -0.2) is 9.59 Å². The van der Waals surface area contributed by atoms with Crippen LogP contribution < -0.4 is 10.6 Å². The smallest absolute Gasteiger partial charge is 0.408 e. The summed E-state index contributed by atoms with van der Waals surface area (Å²) in [6, 6.07) is 24.1. The van der Waals surface area contributed by atoms with Crippen molar-refractivity contribution in [3.05, 3.63) is 95.6 Å². The van der Waals surface area contributed by atoms with Crippen LogP contribution in [0.15, 0.2) is 78.9 Å². The molecular weight excluding hydrogens is 508 g/mol. The van der Waals surface area contributed by atoms with Gasteiger partial charge < -0.3 is 25.2 Å². The number of nitrogens with one attached hydrogen (secondary N) is 2. The van der Waals surface area contributed by atoms with Gasteiger partial charge in [0.1, 0.15) is 12.1 Å². The van der Waals surface area contributed by atoms with Gasteiger partial charge in [0.25, 0.3) is 0 Å². The fourth-order valence-electron chi connectivity index (χ4n) is 5.17. The molecule has 1 aliphatic carbocycles. The van der Waals surface area contributed by atoms with Crippen LogP contribution in [0, 0.1) is 0 Å². The summed E-state index contributed by atoms with van der Waals surface area (Å²) in [5, 5.41) is 15.1. The maximum absolute atomic E-state index is 13.4. The Kier molecular flexibility index (Phi) is 9.22. The standard InChI is InChI=1S/C32H36N2O6/c1-4-18-32(3,30(37)33-28(29(35)36)21(2)39-19-22-12-6-5-7-13-22)34-31(38)40-20-27-25-16-10-8-14-23(25)24-15-9-11-17-26(24)27/h5-17,21,27-28H,4,18-20H2,1-3H3,(H,33,37)(H,34,38)(H,35,36)/t21-,28+,32?/m1/s1. The van der Waals surface area contributed by atoms with Crippen molar-refractivity contribution in [2.75, 3.05) is 6.61 Å². The predicted molar refractivity (Wildman–Crippen MR) is 152 cm³/mol. The van der Waals surface area contributed by atoms with Crippen molar-refractivity contribution in [3.63, 3.8) is 0 Å². The molecule has 0 fully saturated rings. The Balaban J connectivity index is 1.40. The molecule has 4 rings (SSSR count). The number of fused-ring (bicyclic) bond motifs is 3. The van der Waals surface area contributed by atoms with Gasteiger partial charge in [0, 0.05) is 5.92 Å². The number of rotatable bonds is 12. The summed E-state index contributed by atoms with van der Waals surface area (Å²) >= 11 is 0. The van der Waals surface area contributed by atoms with Crippen LogP contribution in [0.4, 0.5) is 4.79 Å². The van der Waals surface area contributed by atoms with Crippen molar-refractivity contribution >= 4 is 18.0 Å². The molecule has 8 heteroatoms. The van der Waals surface area contributed by atoms with Gasteiger partial charge in [-0.3, -0.25) is 4.79 Å². The van der Waals surface area contributed by atoms with E-state index in [1.54, 1.807) is 13.8 Å². The highest BCUT2D eigenvalue weighted by molar-refractivity contribution is 5.92. The first-order chi connectivity index (χ1) is 19.2. The van der Waals surface area contributed by atoms with Gasteiger partial charge in [-0.2, -0.15) is 0 Å². The maximum atomic E-state index is 13.4.